The zero-order chi connectivity index (χ0) is 11.0. The maximum Gasteiger partial charge on any atom is 0.127 e. The van der Waals surface area contributed by atoms with Crippen molar-refractivity contribution in [3.8, 4) is 21.1 Å². The van der Waals surface area contributed by atoms with Gasteiger partial charge in [-0.05, 0) is 18.2 Å². The molecule has 2 nitrogen and oxygen atoms in total. The van der Waals surface area contributed by atoms with E-state index in [1.54, 1.807) is 23.9 Å². The molecule has 0 radical (unpaired) electrons. The predicted molar refractivity (Wildman–Crippen MR) is 68.1 cm³/mol. The summed E-state index contributed by atoms with van der Waals surface area (Å²) in [6.07, 6.45) is 3.35. The van der Waals surface area contributed by atoms with Crippen molar-refractivity contribution in [2.24, 2.45) is 0 Å². The van der Waals surface area contributed by atoms with Gasteiger partial charge in [-0.1, -0.05) is 11.6 Å². The molecule has 0 atom stereocenters. The van der Waals surface area contributed by atoms with Gasteiger partial charge in [-0.25, -0.2) is 4.98 Å². The van der Waals surface area contributed by atoms with Gasteiger partial charge in [0.2, 0.25) is 0 Å². The van der Waals surface area contributed by atoms with E-state index in [-0.39, 0.29) is 0 Å². The zero-order valence-electron chi connectivity index (χ0n) is 8.01. The number of hydrogen-bond donors (Lipinski definition) is 0. The molecule has 0 N–H and O–H groups in total. The molecule has 16 heavy (non-hydrogen) atoms. The molecule has 0 aliphatic heterocycles. The lowest BCUT2D eigenvalue weighted by molar-refractivity contribution is 0.568. The molecule has 5 heteroatoms. The van der Waals surface area contributed by atoms with Crippen LogP contribution in [0.3, 0.4) is 0 Å². The molecule has 0 bridgehead atoms. The Morgan fingerprint density at radius 2 is 2.19 bits per heavy atom. The molecule has 3 rings (SSSR count). The Bertz CT molecular complexity index is 597. The minimum Gasteiger partial charge on any atom is -0.472 e. The van der Waals surface area contributed by atoms with Crippen molar-refractivity contribution in [1.82, 2.24) is 4.98 Å². The summed E-state index contributed by atoms with van der Waals surface area (Å²) < 4.78 is 5.82. The van der Waals surface area contributed by atoms with Gasteiger partial charge in [-0.3, -0.25) is 0 Å². The molecular formula is C11H6ClNOS2. The Kier molecular flexibility index (Phi) is 2.55. The molecule has 80 valence electrons. The van der Waals surface area contributed by atoms with Gasteiger partial charge in [0, 0.05) is 10.9 Å². The van der Waals surface area contributed by atoms with Gasteiger partial charge >= 0.3 is 0 Å². The molecule has 0 amide bonds. The van der Waals surface area contributed by atoms with Crippen LogP contribution in [0.25, 0.3) is 21.1 Å². The van der Waals surface area contributed by atoms with Gasteiger partial charge in [0.15, 0.2) is 0 Å². The maximum absolute atomic E-state index is 5.90. The lowest BCUT2D eigenvalue weighted by Gasteiger charge is -1.88. The third-order valence-corrected chi connectivity index (χ3v) is 4.24. The Hall–Kier alpha value is -1.10. The fraction of sp³-hybridized carbons (Fsp3) is 0. The van der Waals surface area contributed by atoms with E-state index >= 15 is 0 Å². The third kappa shape index (κ3) is 1.80. The summed E-state index contributed by atoms with van der Waals surface area (Å²) in [7, 11) is 0. The van der Waals surface area contributed by atoms with Gasteiger partial charge in [0.05, 0.1) is 21.2 Å². The van der Waals surface area contributed by atoms with E-state index in [0.717, 1.165) is 25.5 Å². The number of hydrogen-bond acceptors (Lipinski definition) is 4. The maximum atomic E-state index is 5.90. The number of furan rings is 1. The number of aromatic nitrogens is 1. The Morgan fingerprint density at radius 3 is 2.88 bits per heavy atom. The van der Waals surface area contributed by atoms with E-state index < -0.39 is 0 Å². The predicted octanol–water partition coefficient (Wildman–Crippen LogP) is 4.79. The third-order valence-electron chi connectivity index (χ3n) is 2.10. The first kappa shape index (κ1) is 10.1. The zero-order valence-corrected chi connectivity index (χ0v) is 10.4. The number of nitrogens with zero attached hydrogens (tertiary/aromatic N) is 1. The summed E-state index contributed by atoms with van der Waals surface area (Å²) in [6, 6.07) is 5.78. The van der Waals surface area contributed by atoms with Gasteiger partial charge in [0.25, 0.3) is 0 Å². The van der Waals surface area contributed by atoms with Crippen LogP contribution >= 0.6 is 34.3 Å². The molecule has 0 spiro atoms. The monoisotopic (exact) mass is 267 g/mol. The van der Waals surface area contributed by atoms with E-state index in [0.29, 0.717) is 0 Å². The highest BCUT2D eigenvalue weighted by Crippen LogP contribution is 2.34. The molecule has 3 aromatic rings. The van der Waals surface area contributed by atoms with E-state index in [1.165, 1.54) is 11.3 Å². The molecule has 0 aliphatic carbocycles. The van der Waals surface area contributed by atoms with Crippen LogP contribution in [0.1, 0.15) is 0 Å². The normalized spacial score (nSPS) is 10.8. The number of thiophene rings is 1. The summed E-state index contributed by atoms with van der Waals surface area (Å²) in [4.78, 5) is 5.64. The van der Waals surface area contributed by atoms with E-state index in [1.807, 2.05) is 23.6 Å². The summed E-state index contributed by atoms with van der Waals surface area (Å²) in [5, 5.41) is 3.00. The van der Waals surface area contributed by atoms with Crippen molar-refractivity contribution in [1.29, 1.82) is 0 Å². The van der Waals surface area contributed by atoms with Gasteiger partial charge in [-0.15, -0.1) is 22.7 Å². The minimum atomic E-state index is 0.785. The molecule has 3 aromatic heterocycles. The SMILES string of the molecule is Clc1ccc(-c2csc(-c3ccoc3)n2)s1. The Morgan fingerprint density at radius 1 is 1.25 bits per heavy atom. The minimum absolute atomic E-state index is 0.785. The van der Waals surface area contributed by atoms with Crippen LogP contribution in [-0.4, -0.2) is 4.98 Å². The average molecular weight is 268 g/mol. The molecule has 0 aromatic carbocycles. The summed E-state index contributed by atoms with van der Waals surface area (Å²) in [5.41, 5.74) is 1.98. The van der Waals surface area contributed by atoms with Crippen LogP contribution in [0.15, 0.2) is 40.5 Å². The Labute approximate surface area is 105 Å². The second kappa shape index (κ2) is 4.05. The molecule has 0 saturated carbocycles. The first-order valence-electron chi connectivity index (χ1n) is 4.57. The van der Waals surface area contributed by atoms with E-state index in [2.05, 4.69) is 4.98 Å². The van der Waals surface area contributed by atoms with Crippen LogP contribution in [-0.2, 0) is 0 Å². The molecular weight excluding hydrogens is 262 g/mol. The van der Waals surface area contributed by atoms with Crippen LogP contribution < -0.4 is 0 Å². The fourth-order valence-corrected chi connectivity index (χ4v) is 3.24. The number of thiazole rings is 1. The highest BCUT2D eigenvalue weighted by Gasteiger charge is 2.08. The quantitative estimate of drug-likeness (QED) is 0.667. The smallest absolute Gasteiger partial charge is 0.127 e. The molecule has 0 unspecified atom stereocenters. The van der Waals surface area contributed by atoms with Crippen molar-refractivity contribution in [2.45, 2.75) is 0 Å². The standard InChI is InChI=1S/C11H6ClNOS2/c12-10-2-1-9(16-10)8-6-15-11(13-8)7-3-4-14-5-7/h1-6H. The summed E-state index contributed by atoms with van der Waals surface area (Å²) in [6.45, 7) is 0. The van der Waals surface area contributed by atoms with E-state index in [9.17, 15) is 0 Å². The first-order chi connectivity index (χ1) is 7.83. The number of rotatable bonds is 2. The summed E-state index contributed by atoms with van der Waals surface area (Å²) >= 11 is 9.04. The number of halogens is 1. The topological polar surface area (TPSA) is 26.0 Å². The van der Waals surface area contributed by atoms with Gasteiger partial charge in [-0.2, -0.15) is 0 Å². The van der Waals surface area contributed by atoms with Crippen LogP contribution in [0.4, 0.5) is 0 Å². The van der Waals surface area contributed by atoms with Crippen molar-refractivity contribution < 1.29 is 4.42 Å². The van der Waals surface area contributed by atoms with Gasteiger partial charge < -0.3 is 4.42 Å². The average Bonchev–Trinajstić information content (AvgIpc) is 2.97. The lowest BCUT2D eigenvalue weighted by atomic mass is 10.3. The van der Waals surface area contributed by atoms with E-state index in [4.69, 9.17) is 16.0 Å². The lowest BCUT2D eigenvalue weighted by Crippen LogP contribution is -1.73. The van der Waals surface area contributed by atoms with Crippen molar-refractivity contribution in [2.75, 3.05) is 0 Å². The Balaban J connectivity index is 2.00. The molecule has 0 aliphatic rings. The molecule has 3 heterocycles. The van der Waals surface area contributed by atoms with Crippen molar-refractivity contribution in [3.05, 3.63) is 40.4 Å². The van der Waals surface area contributed by atoms with Crippen molar-refractivity contribution in [3.63, 3.8) is 0 Å². The van der Waals surface area contributed by atoms with Crippen molar-refractivity contribution >= 4 is 34.3 Å². The van der Waals surface area contributed by atoms with Crippen LogP contribution in [0.2, 0.25) is 4.34 Å². The fourth-order valence-electron chi connectivity index (χ4n) is 1.36. The van der Waals surface area contributed by atoms with Gasteiger partial charge in [0.1, 0.15) is 11.3 Å². The highest BCUT2D eigenvalue weighted by atomic mass is 35.5. The molecule has 0 saturated heterocycles. The first-order valence-corrected chi connectivity index (χ1v) is 6.64. The van der Waals surface area contributed by atoms with Crippen LogP contribution in [0, 0.1) is 0 Å². The van der Waals surface area contributed by atoms with Crippen LogP contribution in [0.5, 0.6) is 0 Å². The highest BCUT2D eigenvalue weighted by molar-refractivity contribution is 7.19. The second-order valence-corrected chi connectivity index (χ2v) is 5.73. The largest absolute Gasteiger partial charge is 0.472 e. The molecule has 0 fully saturated rings. The summed E-state index contributed by atoms with van der Waals surface area (Å²) in [5.74, 6) is 0. The second-order valence-electron chi connectivity index (χ2n) is 3.15.